The molecule has 1 atom stereocenters. The summed E-state index contributed by atoms with van der Waals surface area (Å²) in [7, 11) is 0. The summed E-state index contributed by atoms with van der Waals surface area (Å²) >= 11 is 0. The van der Waals surface area contributed by atoms with Crippen molar-refractivity contribution in [3.05, 3.63) is 52.4 Å². The average molecular weight is 233 g/mol. The molecule has 0 aliphatic carbocycles. The van der Waals surface area contributed by atoms with Gasteiger partial charge in [-0.15, -0.1) is 0 Å². The van der Waals surface area contributed by atoms with Gasteiger partial charge in [-0.1, -0.05) is 47.6 Å². The van der Waals surface area contributed by atoms with Crippen molar-refractivity contribution in [1.82, 2.24) is 0 Å². The quantitative estimate of drug-likeness (QED) is 0.339. The number of azide groups is 1. The van der Waals surface area contributed by atoms with Crippen LogP contribution >= 0.6 is 0 Å². The van der Waals surface area contributed by atoms with Crippen LogP contribution in [0.1, 0.15) is 5.56 Å². The Hall–Kier alpha value is -1.81. The van der Waals surface area contributed by atoms with Crippen LogP contribution in [0.25, 0.3) is 16.5 Å². The highest BCUT2D eigenvalue weighted by Crippen LogP contribution is 2.00. The number of hydrogen-bond donors (Lipinski definition) is 1. The number of hydrogen-bond acceptors (Lipinski definition) is 3. The molecular weight excluding hydrogens is 218 g/mol. The summed E-state index contributed by atoms with van der Waals surface area (Å²) in [5.74, 6) is 0. The van der Waals surface area contributed by atoms with Crippen molar-refractivity contribution in [1.29, 1.82) is 0 Å². The lowest BCUT2D eigenvalue weighted by Gasteiger charge is -2.06. The van der Waals surface area contributed by atoms with E-state index in [1.165, 1.54) is 0 Å². The molecule has 0 saturated carbocycles. The SMILES string of the molecule is [N-]=[N+]=NC[C@H](O)COC/C=C/c1ccccc1. The summed E-state index contributed by atoms with van der Waals surface area (Å²) in [6.07, 6.45) is 3.08. The van der Waals surface area contributed by atoms with E-state index in [0.29, 0.717) is 6.61 Å². The van der Waals surface area contributed by atoms with E-state index in [2.05, 4.69) is 10.0 Å². The minimum atomic E-state index is -0.740. The molecular formula is C12H15N3O2. The maximum Gasteiger partial charge on any atom is 0.0830 e. The first kappa shape index (κ1) is 13.3. The number of rotatable bonds is 7. The summed E-state index contributed by atoms with van der Waals surface area (Å²) in [6.45, 7) is 0.624. The number of aliphatic hydroxyl groups is 1. The Morgan fingerprint density at radius 1 is 1.41 bits per heavy atom. The molecule has 1 aromatic carbocycles. The highest BCUT2D eigenvalue weighted by molar-refractivity contribution is 5.48. The normalized spacial score (nSPS) is 12.3. The topological polar surface area (TPSA) is 78.2 Å². The van der Waals surface area contributed by atoms with Crippen LogP contribution in [-0.4, -0.2) is 31.0 Å². The molecule has 0 bridgehead atoms. The maximum absolute atomic E-state index is 9.28. The number of nitrogens with zero attached hydrogens (tertiary/aromatic N) is 3. The first-order valence-corrected chi connectivity index (χ1v) is 5.31. The van der Waals surface area contributed by atoms with Gasteiger partial charge in [0.05, 0.1) is 25.9 Å². The van der Waals surface area contributed by atoms with E-state index in [-0.39, 0.29) is 13.2 Å². The van der Waals surface area contributed by atoms with Gasteiger partial charge >= 0.3 is 0 Å². The van der Waals surface area contributed by atoms with Crippen LogP contribution in [-0.2, 0) is 4.74 Å². The third kappa shape index (κ3) is 6.37. The summed E-state index contributed by atoms with van der Waals surface area (Å²) in [6, 6.07) is 9.87. The van der Waals surface area contributed by atoms with Gasteiger partial charge in [-0.05, 0) is 11.1 Å². The van der Waals surface area contributed by atoms with Gasteiger partial charge in [0.1, 0.15) is 0 Å². The van der Waals surface area contributed by atoms with Crippen LogP contribution in [0, 0.1) is 0 Å². The van der Waals surface area contributed by atoms with Crippen molar-refractivity contribution in [3.8, 4) is 0 Å². The lowest BCUT2D eigenvalue weighted by atomic mass is 10.2. The predicted octanol–water partition coefficient (Wildman–Crippen LogP) is 2.39. The van der Waals surface area contributed by atoms with Gasteiger partial charge in [0, 0.05) is 4.91 Å². The average Bonchev–Trinajstić information content (AvgIpc) is 2.37. The summed E-state index contributed by atoms with van der Waals surface area (Å²) in [5, 5.41) is 12.5. The lowest BCUT2D eigenvalue weighted by molar-refractivity contribution is 0.0545. The van der Waals surface area contributed by atoms with Crippen LogP contribution < -0.4 is 0 Å². The van der Waals surface area contributed by atoms with Crippen molar-refractivity contribution >= 4 is 6.08 Å². The molecule has 0 aliphatic heterocycles. The second kappa shape index (κ2) is 8.35. The van der Waals surface area contributed by atoms with E-state index >= 15 is 0 Å². The van der Waals surface area contributed by atoms with Crippen LogP contribution in [0.15, 0.2) is 41.5 Å². The van der Waals surface area contributed by atoms with Gasteiger partial charge < -0.3 is 9.84 Å². The smallest absolute Gasteiger partial charge is 0.0830 e. The Morgan fingerprint density at radius 3 is 2.88 bits per heavy atom. The summed E-state index contributed by atoms with van der Waals surface area (Å²) in [5.41, 5.74) is 9.15. The van der Waals surface area contributed by atoms with Crippen LogP contribution in [0.2, 0.25) is 0 Å². The molecule has 5 heteroatoms. The minimum Gasteiger partial charge on any atom is -0.391 e. The van der Waals surface area contributed by atoms with E-state index in [1.807, 2.05) is 42.5 Å². The fourth-order valence-corrected chi connectivity index (χ4v) is 1.20. The van der Waals surface area contributed by atoms with E-state index in [9.17, 15) is 5.11 Å². The monoisotopic (exact) mass is 233 g/mol. The molecule has 17 heavy (non-hydrogen) atoms. The number of aliphatic hydroxyl groups excluding tert-OH is 1. The molecule has 1 N–H and O–H groups in total. The zero-order chi connectivity index (χ0) is 12.3. The first-order valence-electron chi connectivity index (χ1n) is 5.31. The van der Waals surface area contributed by atoms with Gasteiger partial charge in [-0.25, -0.2) is 0 Å². The Balaban J connectivity index is 2.16. The number of benzene rings is 1. The van der Waals surface area contributed by atoms with E-state index in [1.54, 1.807) is 0 Å². The van der Waals surface area contributed by atoms with Crippen molar-refractivity contribution < 1.29 is 9.84 Å². The summed E-state index contributed by atoms with van der Waals surface area (Å²) < 4.78 is 5.19. The van der Waals surface area contributed by atoms with Crippen LogP contribution in [0.3, 0.4) is 0 Å². The summed E-state index contributed by atoms with van der Waals surface area (Å²) in [4.78, 5) is 2.56. The Morgan fingerprint density at radius 2 is 2.18 bits per heavy atom. The minimum absolute atomic E-state index is 0.0406. The van der Waals surface area contributed by atoms with E-state index in [4.69, 9.17) is 10.3 Å². The Kier molecular flexibility index (Phi) is 6.51. The molecule has 0 aromatic heterocycles. The van der Waals surface area contributed by atoms with Crippen LogP contribution in [0.5, 0.6) is 0 Å². The molecule has 0 radical (unpaired) electrons. The van der Waals surface area contributed by atoms with Gasteiger partial charge in [-0.3, -0.25) is 0 Å². The molecule has 0 saturated heterocycles. The van der Waals surface area contributed by atoms with Crippen molar-refractivity contribution in [2.75, 3.05) is 19.8 Å². The predicted molar refractivity (Wildman–Crippen MR) is 66.3 cm³/mol. The second-order valence-electron chi connectivity index (χ2n) is 3.42. The maximum atomic E-state index is 9.28. The van der Waals surface area contributed by atoms with Crippen molar-refractivity contribution in [3.63, 3.8) is 0 Å². The second-order valence-corrected chi connectivity index (χ2v) is 3.42. The van der Waals surface area contributed by atoms with Crippen LogP contribution in [0.4, 0.5) is 0 Å². The fourth-order valence-electron chi connectivity index (χ4n) is 1.20. The standard InChI is InChI=1S/C12H15N3O2/c13-15-14-9-12(16)10-17-8-4-7-11-5-2-1-3-6-11/h1-7,12,16H,8-10H2/b7-4+/t12-/m0/s1. The van der Waals surface area contributed by atoms with Crippen molar-refractivity contribution in [2.24, 2.45) is 5.11 Å². The van der Waals surface area contributed by atoms with Gasteiger partial charge in [0.25, 0.3) is 0 Å². The molecule has 0 heterocycles. The van der Waals surface area contributed by atoms with Crippen molar-refractivity contribution in [2.45, 2.75) is 6.10 Å². The molecule has 0 fully saturated rings. The largest absolute Gasteiger partial charge is 0.391 e. The molecule has 0 spiro atoms. The molecule has 90 valence electrons. The Bertz CT molecular complexity index is 386. The zero-order valence-electron chi connectivity index (χ0n) is 9.44. The molecule has 1 rings (SSSR count). The molecule has 0 amide bonds. The lowest BCUT2D eigenvalue weighted by Crippen LogP contribution is -2.18. The first-order chi connectivity index (χ1) is 8.33. The Labute approximate surface area is 100.0 Å². The van der Waals surface area contributed by atoms with Gasteiger partial charge in [0.15, 0.2) is 0 Å². The number of ether oxygens (including phenoxy) is 1. The molecule has 0 unspecified atom stereocenters. The molecule has 5 nitrogen and oxygen atoms in total. The van der Waals surface area contributed by atoms with E-state index < -0.39 is 6.10 Å². The van der Waals surface area contributed by atoms with E-state index in [0.717, 1.165) is 5.56 Å². The highest BCUT2D eigenvalue weighted by atomic mass is 16.5. The zero-order valence-corrected chi connectivity index (χ0v) is 9.44. The van der Waals surface area contributed by atoms with Gasteiger partial charge in [-0.2, -0.15) is 0 Å². The third-order valence-corrected chi connectivity index (χ3v) is 1.99. The third-order valence-electron chi connectivity index (χ3n) is 1.99. The molecule has 0 aliphatic rings. The molecule has 1 aromatic rings. The highest BCUT2D eigenvalue weighted by Gasteiger charge is 2.00. The van der Waals surface area contributed by atoms with Gasteiger partial charge in [0.2, 0.25) is 0 Å². The fraction of sp³-hybridized carbons (Fsp3) is 0.333.